The van der Waals surface area contributed by atoms with Crippen LogP contribution in [0, 0.1) is 5.92 Å². The lowest BCUT2D eigenvalue weighted by Gasteiger charge is -2.32. The largest absolute Gasteiger partial charge is 0.481 e. The fraction of sp³-hybridized carbons (Fsp3) is 0.304. The first-order valence-corrected chi connectivity index (χ1v) is 9.90. The second kappa shape index (κ2) is 7.99. The first-order chi connectivity index (χ1) is 14.0. The van der Waals surface area contributed by atoms with Gasteiger partial charge in [0.25, 0.3) is 5.91 Å². The highest BCUT2D eigenvalue weighted by molar-refractivity contribution is 5.97. The molecule has 2 heterocycles. The molecule has 1 aromatic heterocycles. The summed E-state index contributed by atoms with van der Waals surface area (Å²) in [6.07, 6.45) is 3.20. The van der Waals surface area contributed by atoms with Gasteiger partial charge in [0.1, 0.15) is 0 Å². The summed E-state index contributed by atoms with van der Waals surface area (Å²) in [6, 6.07) is 15.8. The number of H-pyrrole nitrogens is 1. The van der Waals surface area contributed by atoms with Crippen molar-refractivity contribution in [2.75, 3.05) is 25.0 Å². The van der Waals surface area contributed by atoms with E-state index in [2.05, 4.69) is 16.0 Å². The Morgan fingerprint density at radius 3 is 2.69 bits per heavy atom. The summed E-state index contributed by atoms with van der Waals surface area (Å²) < 4.78 is 0. The zero-order chi connectivity index (χ0) is 20.4. The number of aromatic nitrogens is 1. The second-order valence-electron chi connectivity index (χ2n) is 7.71. The van der Waals surface area contributed by atoms with E-state index in [1.54, 1.807) is 4.90 Å². The summed E-state index contributed by atoms with van der Waals surface area (Å²) in [5.41, 5.74) is 3.75. The Balaban J connectivity index is 1.43. The van der Waals surface area contributed by atoms with E-state index < -0.39 is 5.97 Å². The van der Waals surface area contributed by atoms with Crippen molar-refractivity contribution >= 4 is 28.5 Å². The van der Waals surface area contributed by atoms with Crippen molar-refractivity contribution in [2.45, 2.75) is 19.4 Å². The lowest BCUT2D eigenvalue weighted by Crippen LogP contribution is -2.36. The van der Waals surface area contributed by atoms with Crippen LogP contribution in [0.2, 0.25) is 0 Å². The Kier molecular flexibility index (Phi) is 5.25. The molecule has 2 aromatic carbocycles. The predicted molar refractivity (Wildman–Crippen MR) is 113 cm³/mol. The number of nitrogens with one attached hydrogen (secondary N) is 1. The summed E-state index contributed by atoms with van der Waals surface area (Å²) in [4.78, 5) is 31.1. The van der Waals surface area contributed by atoms with E-state index in [-0.39, 0.29) is 11.8 Å². The van der Waals surface area contributed by atoms with Crippen LogP contribution in [-0.4, -0.2) is 47.0 Å². The van der Waals surface area contributed by atoms with Gasteiger partial charge in [-0.3, -0.25) is 9.59 Å². The van der Waals surface area contributed by atoms with Crippen molar-refractivity contribution in [3.8, 4) is 0 Å². The molecule has 0 saturated carbocycles. The van der Waals surface area contributed by atoms with Crippen LogP contribution in [0.15, 0.2) is 54.7 Å². The number of carboxylic acids is 1. The van der Waals surface area contributed by atoms with E-state index in [4.69, 9.17) is 0 Å². The molecule has 0 unspecified atom stereocenters. The van der Waals surface area contributed by atoms with Gasteiger partial charge in [-0.2, -0.15) is 0 Å². The summed E-state index contributed by atoms with van der Waals surface area (Å²) in [5, 5.41) is 10.3. The molecule has 2 N–H and O–H groups in total. The van der Waals surface area contributed by atoms with Crippen molar-refractivity contribution in [1.82, 2.24) is 9.88 Å². The number of rotatable bonds is 5. The van der Waals surface area contributed by atoms with Crippen molar-refractivity contribution in [2.24, 2.45) is 5.92 Å². The number of piperidine rings is 1. The summed E-state index contributed by atoms with van der Waals surface area (Å²) in [6.45, 7) is 2.00. The van der Waals surface area contributed by atoms with Gasteiger partial charge in [-0.25, -0.2) is 0 Å². The fourth-order valence-corrected chi connectivity index (χ4v) is 3.98. The topological polar surface area (TPSA) is 76.6 Å². The summed E-state index contributed by atoms with van der Waals surface area (Å²) in [5.74, 6) is -0.958. The molecule has 0 atom stereocenters. The number of fused-ring (bicyclic) bond motifs is 1. The van der Waals surface area contributed by atoms with Crippen molar-refractivity contribution < 1.29 is 14.7 Å². The number of carboxylic acid groups (broad SMARTS) is 1. The van der Waals surface area contributed by atoms with Gasteiger partial charge < -0.3 is 19.9 Å². The van der Waals surface area contributed by atoms with Gasteiger partial charge in [-0.05, 0) is 54.1 Å². The normalized spacial score (nSPS) is 14.9. The Morgan fingerprint density at radius 1 is 1.14 bits per heavy atom. The molecule has 1 fully saturated rings. The monoisotopic (exact) mass is 391 g/mol. The number of carbonyl (C=O) groups excluding carboxylic acids is 1. The number of anilines is 1. The zero-order valence-electron chi connectivity index (χ0n) is 16.5. The predicted octanol–water partition coefficient (Wildman–Crippen LogP) is 3.74. The van der Waals surface area contributed by atoms with Crippen LogP contribution in [0.4, 0.5) is 5.69 Å². The smallest absolute Gasteiger partial charge is 0.306 e. The van der Waals surface area contributed by atoms with E-state index in [0.717, 1.165) is 35.2 Å². The molecular weight excluding hydrogens is 366 g/mol. The van der Waals surface area contributed by atoms with E-state index in [1.165, 1.54) is 0 Å². The molecule has 1 aliphatic rings. The van der Waals surface area contributed by atoms with Crippen molar-refractivity contribution in [1.29, 1.82) is 0 Å². The van der Waals surface area contributed by atoms with Crippen LogP contribution in [0.5, 0.6) is 0 Å². The fourth-order valence-electron chi connectivity index (χ4n) is 3.98. The third-order valence-electron chi connectivity index (χ3n) is 5.69. The Labute approximate surface area is 169 Å². The first-order valence-electron chi connectivity index (χ1n) is 9.90. The molecule has 4 rings (SSSR count). The molecule has 1 saturated heterocycles. The number of hydrogen-bond acceptors (Lipinski definition) is 3. The van der Waals surface area contributed by atoms with Crippen LogP contribution < -0.4 is 4.90 Å². The van der Waals surface area contributed by atoms with Gasteiger partial charge in [0.2, 0.25) is 0 Å². The molecule has 1 aliphatic heterocycles. The van der Waals surface area contributed by atoms with E-state index in [9.17, 15) is 14.7 Å². The number of benzene rings is 2. The Bertz CT molecular complexity index is 1030. The number of carbonyl (C=O) groups is 2. The van der Waals surface area contributed by atoms with Crippen LogP contribution in [-0.2, 0) is 11.3 Å². The highest BCUT2D eigenvalue weighted by Crippen LogP contribution is 2.25. The number of aliphatic carboxylic acids is 1. The van der Waals surface area contributed by atoms with Crippen LogP contribution >= 0.6 is 0 Å². The lowest BCUT2D eigenvalue weighted by atomic mass is 9.96. The van der Waals surface area contributed by atoms with Gasteiger partial charge in [0.05, 0.1) is 5.92 Å². The second-order valence-corrected chi connectivity index (χ2v) is 7.71. The molecule has 3 aromatic rings. The maximum absolute atomic E-state index is 12.8. The Hall–Kier alpha value is -3.28. The number of amides is 1. The number of aromatic amines is 1. The zero-order valence-corrected chi connectivity index (χ0v) is 16.5. The maximum Gasteiger partial charge on any atom is 0.306 e. The number of nitrogens with zero attached hydrogens (tertiary/aromatic N) is 2. The third kappa shape index (κ3) is 4.11. The van der Waals surface area contributed by atoms with Gasteiger partial charge in [-0.15, -0.1) is 0 Å². The Morgan fingerprint density at radius 2 is 1.93 bits per heavy atom. The molecule has 29 heavy (non-hydrogen) atoms. The molecule has 1 amide bonds. The number of hydrogen-bond donors (Lipinski definition) is 2. The minimum absolute atomic E-state index is 0.0193. The highest BCUT2D eigenvalue weighted by atomic mass is 16.4. The third-order valence-corrected chi connectivity index (χ3v) is 5.69. The standard InChI is InChI=1S/C23H25N3O3/c1-25(22(27)19-6-5-17-7-10-24-21(17)14-19)15-16-3-2-4-20(13-16)26-11-8-18(9-12-26)23(28)29/h2-7,10,13-14,18,24H,8-9,11-12,15H2,1H3,(H,28,29). The van der Waals surface area contributed by atoms with Crippen LogP contribution in [0.3, 0.4) is 0 Å². The molecule has 0 aliphatic carbocycles. The van der Waals surface area contributed by atoms with Gasteiger partial charge >= 0.3 is 5.97 Å². The van der Waals surface area contributed by atoms with E-state index in [1.807, 2.05) is 55.7 Å². The summed E-state index contributed by atoms with van der Waals surface area (Å²) in [7, 11) is 1.81. The van der Waals surface area contributed by atoms with E-state index in [0.29, 0.717) is 24.9 Å². The molecule has 6 heteroatoms. The molecule has 150 valence electrons. The minimum atomic E-state index is -0.698. The molecule has 0 bridgehead atoms. The molecule has 6 nitrogen and oxygen atoms in total. The molecule has 0 spiro atoms. The quantitative estimate of drug-likeness (QED) is 0.695. The molecule has 0 radical (unpaired) electrons. The van der Waals surface area contributed by atoms with Crippen LogP contribution in [0.1, 0.15) is 28.8 Å². The van der Waals surface area contributed by atoms with Crippen molar-refractivity contribution in [3.63, 3.8) is 0 Å². The SMILES string of the molecule is CN(Cc1cccc(N2CCC(C(=O)O)CC2)c1)C(=O)c1ccc2cc[nH]c2c1. The average Bonchev–Trinajstić information content (AvgIpc) is 3.21. The van der Waals surface area contributed by atoms with Gasteiger partial charge in [0, 0.05) is 49.6 Å². The van der Waals surface area contributed by atoms with Crippen LogP contribution in [0.25, 0.3) is 10.9 Å². The lowest BCUT2D eigenvalue weighted by molar-refractivity contribution is -0.142. The van der Waals surface area contributed by atoms with E-state index >= 15 is 0 Å². The average molecular weight is 391 g/mol. The van der Waals surface area contributed by atoms with Gasteiger partial charge in [0.15, 0.2) is 0 Å². The molecular formula is C23H25N3O3. The highest BCUT2D eigenvalue weighted by Gasteiger charge is 2.24. The minimum Gasteiger partial charge on any atom is -0.481 e. The maximum atomic E-state index is 12.8. The summed E-state index contributed by atoms with van der Waals surface area (Å²) >= 11 is 0. The first kappa shape index (κ1) is 19.1. The van der Waals surface area contributed by atoms with Crippen molar-refractivity contribution in [3.05, 3.63) is 65.9 Å². The van der Waals surface area contributed by atoms with Gasteiger partial charge in [-0.1, -0.05) is 18.2 Å².